The van der Waals surface area contributed by atoms with Crippen LogP contribution in [0.3, 0.4) is 0 Å². The summed E-state index contributed by atoms with van der Waals surface area (Å²) in [6, 6.07) is 15.1. The Kier molecular flexibility index (Phi) is 11.0. The lowest BCUT2D eigenvalue weighted by Crippen LogP contribution is -2.26. The van der Waals surface area contributed by atoms with Crippen LogP contribution in [0.2, 0.25) is 0 Å². The molecule has 0 saturated heterocycles. The van der Waals surface area contributed by atoms with Gasteiger partial charge in [0.1, 0.15) is 0 Å². The van der Waals surface area contributed by atoms with Gasteiger partial charge in [-0.15, -0.1) is 0 Å². The van der Waals surface area contributed by atoms with E-state index in [4.69, 9.17) is 9.47 Å². The van der Waals surface area contributed by atoms with Gasteiger partial charge >= 0.3 is 0 Å². The molecule has 0 aromatic heterocycles. The monoisotopic (exact) mass is 426 g/mol. The maximum absolute atomic E-state index is 12.0. The summed E-state index contributed by atoms with van der Waals surface area (Å²) in [4.78, 5) is 24.0. The van der Waals surface area contributed by atoms with Gasteiger partial charge in [-0.25, -0.2) is 0 Å². The molecule has 0 spiro atoms. The maximum atomic E-state index is 12.0. The zero-order valence-electron chi connectivity index (χ0n) is 18.6. The van der Waals surface area contributed by atoms with E-state index in [0.29, 0.717) is 38.3 Å². The number of rotatable bonds is 14. The molecule has 0 heterocycles. The molecule has 2 aromatic carbocycles. The van der Waals surface area contributed by atoms with Crippen LogP contribution >= 0.6 is 0 Å². The van der Waals surface area contributed by atoms with Crippen molar-refractivity contribution in [1.29, 1.82) is 0 Å². The largest absolute Gasteiger partial charge is 0.490 e. The van der Waals surface area contributed by atoms with Crippen molar-refractivity contribution >= 4 is 11.8 Å². The van der Waals surface area contributed by atoms with Gasteiger partial charge in [0.2, 0.25) is 5.91 Å². The van der Waals surface area contributed by atoms with E-state index in [0.717, 1.165) is 42.7 Å². The summed E-state index contributed by atoms with van der Waals surface area (Å²) >= 11 is 0. The van der Waals surface area contributed by atoms with Crippen LogP contribution in [-0.4, -0.2) is 38.1 Å². The molecule has 0 fully saturated rings. The molecule has 0 unspecified atom stereocenters. The second kappa shape index (κ2) is 14.1. The molecule has 2 N–H and O–H groups in total. The summed E-state index contributed by atoms with van der Waals surface area (Å²) in [5.41, 5.74) is 1.77. The first-order valence-electron chi connectivity index (χ1n) is 11.1. The SMILES string of the molecule is CCOc1ccc(CCNC(=O)CCCCCNC(=O)c2ccccc2)cc1OCC. The van der Waals surface area contributed by atoms with Crippen molar-refractivity contribution in [2.75, 3.05) is 26.3 Å². The van der Waals surface area contributed by atoms with Crippen molar-refractivity contribution in [3.8, 4) is 11.5 Å². The lowest BCUT2D eigenvalue weighted by molar-refractivity contribution is -0.121. The van der Waals surface area contributed by atoms with Crippen LogP contribution in [0.4, 0.5) is 0 Å². The van der Waals surface area contributed by atoms with E-state index in [1.807, 2.05) is 50.2 Å². The van der Waals surface area contributed by atoms with Gasteiger partial charge in [-0.3, -0.25) is 9.59 Å². The van der Waals surface area contributed by atoms with Gasteiger partial charge in [0, 0.05) is 25.1 Å². The molecule has 6 nitrogen and oxygen atoms in total. The van der Waals surface area contributed by atoms with E-state index in [1.165, 1.54) is 0 Å². The molecule has 2 aromatic rings. The molecule has 168 valence electrons. The van der Waals surface area contributed by atoms with Crippen molar-refractivity contribution in [3.63, 3.8) is 0 Å². The first kappa shape index (κ1) is 24.3. The number of amides is 2. The average Bonchev–Trinajstić information content (AvgIpc) is 2.78. The van der Waals surface area contributed by atoms with Gasteiger partial charge in [-0.1, -0.05) is 30.7 Å². The molecule has 0 saturated carbocycles. The van der Waals surface area contributed by atoms with E-state index in [1.54, 1.807) is 12.1 Å². The van der Waals surface area contributed by atoms with Crippen molar-refractivity contribution in [2.24, 2.45) is 0 Å². The molecule has 0 aliphatic rings. The van der Waals surface area contributed by atoms with Crippen LogP contribution < -0.4 is 20.1 Å². The molecule has 0 aliphatic carbocycles. The van der Waals surface area contributed by atoms with E-state index in [9.17, 15) is 9.59 Å². The van der Waals surface area contributed by atoms with Crippen LogP contribution in [0.25, 0.3) is 0 Å². The van der Waals surface area contributed by atoms with E-state index < -0.39 is 0 Å². The van der Waals surface area contributed by atoms with Crippen molar-refractivity contribution < 1.29 is 19.1 Å². The lowest BCUT2D eigenvalue weighted by Gasteiger charge is -2.12. The van der Waals surface area contributed by atoms with Crippen LogP contribution in [0.15, 0.2) is 48.5 Å². The quantitative estimate of drug-likeness (QED) is 0.445. The molecular weight excluding hydrogens is 392 g/mol. The molecule has 6 heteroatoms. The Morgan fingerprint density at radius 1 is 0.806 bits per heavy atom. The van der Waals surface area contributed by atoms with Crippen LogP contribution in [-0.2, 0) is 11.2 Å². The lowest BCUT2D eigenvalue weighted by atomic mass is 10.1. The fourth-order valence-electron chi connectivity index (χ4n) is 3.17. The highest BCUT2D eigenvalue weighted by atomic mass is 16.5. The number of ether oxygens (including phenoxy) is 2. The minimum absolute atomic E-state index is 0.0554. The van der Waals surface area contributed by atoms with Crippen LogP contribution in [0, 0.1) is 0 Å². The molecule has 2 rings (SSSR count). The average molecular weight is 427 g/mol. The third-order valence-corrected chi connectivity index (χ3v) is 4.75. The number of hydrogen-bond donors (Lipinski definition) is 2. The molecular formula is C25H34N2O4. The van der Waals surface area contributed by atoms with Crippen molar-refractivity contribution in [1.82, 2.24) is 10.6 Å². The second-order valence-electron chi connectivity index (χ2n) is 7.18. The Morgan fingerprint density at radius 3 is 2.29 bits per heavy atom. The maximum Gasteiger partial charge on any atom is 0.251 e. The molecule has 2 amide bonds. The number of hydrogen-bond acceptors (Lipinski definition) is 4. The standard InChI is InChI=1S/C25H34N2O4/c1-3-30-22-15-14-20(19-23(22)31-4-2)16-18-26-24(28)13-9-6-10-17-27-25(29)21-11-7-5-8-12-21/h5,7-8,11-12,14-15,19H,3-4,6,9-10,13,16-18H2,1-2H3,(H,26,28)(H,27,29). The third kappa shape index (κ3) is 9.11. The highest BCUT2D eigenvalue weighted by Gasteiger charge is 2.07. The topological polar surface area (TPSA) is 76.7 Å². The van der Waals surface area contributed by atoms with Gasteiger partial charge in [-0.05, 0) is 62.9 Å². The number of carbonyl (C=O) groups is 2. The number of nitrogens with one attached hydrogen (secondary N) is 2. The zero-order chi connectivity index (χ0) is 22.3. The summed E-state index contributed by atoms with van der Waals surface area (Å²) in [5.74, 6) is 1.49. The van der Waals surface area contributed by atoms with Gasteiger partial charge in [-0.2, -0.15) is 0 Å². The number of benzene rings is 2. The summed E-state index contributed by atoms with van der Waals surface area (Å²) in [6.45, 7) is 6.27. The molecule has 0 atom stereocenters. The summed E-state index contributed by atoms with van der Waals surface area (Å²) < 4.78 is 11.2. The van der Waals surface area contributed by atoms with Gasteiger partial charge in [0.15, 0.2) is 11.5 Å². The molecule has 0 bridgehead atoms. The predicted molar refractivity (Wildman–Crippen MR) is 123 cm³/mol. The Balaban J connectivity index is 1.58. The Labute approximate surface area is 185 Å². The highest BCUT2D eigenvalue weighted by Crippen LogP contribution is 2.28. The van der Waals surface area contributed by atoms with Crippen LogP contribution in [0.1, 0.15) is 55.5 Å². The second-order valence-corrected chi connectivity index (χ2v) is 7.18. The smallest absolute Gasteiger partial charge is 0.251 e. The Hall–Kier alpha value is -3.02. The minimum atomic E-state index is -0.0554. The van der Waals surface area contributed by atoms with E-state index >= 15 is 0 Å². The number of unbranched alkanes of at least 4 members (excludes halogenated alkanes) is 2. The highest BCUT2D eigenvalue weighted by molar-refractivity contribution is 5.94. The minimum Gasteiger partial charge on any atom is -0.490 e. The molecule has 31 heavy (non-hydrogen) atoms. The van der Waals surface area contributed by atoms with Gasteiger partial charge in [0.05, 0.1) is 13.2 Å². The van der Waals surface area contributed by atoms with Crippen molar-refractivity contribution in [2.45, 2.75) is 46.0 Å². The van der Waals surface area contributed by atoms with Crippen molar-refractivity contribution in [3.05, 3.63) is 59.7 Å². The van der Waals surface area contributed by atoms with E-state index in [2.05, 4.69) is 10.6 Å². The molecule has 0 radical (unpaired) electrons. The fourth-order valence-corrected chi connectivity index (χ4v) is 3.17. The van der Waals surface area contributed by atoms with E-state index in [-0.39, 0.29) is 11.8 Å². The Morgan fingerprint density at radius 2 is 1.55 bits per heavy atom. The Bertz CT molecular complexity index is 808. The normalized spacial score (nSPS) is 10.4. The van der Waals surface area contributed by atoms with Gasteiger partial charge in [0.25, 0.3) is 5.91 Å². The predicted octanol–water partition coefficient (Wildman–Crippen LogP) is 4.13. The third-order valence-electron chi connectivity index (χ3n) is 4.75. The summed E-state index contributed by atoms with van der Waals surface area (Å²) in [5, 5.41) is 5.88. The molecule has 0 aliphatic heterocycles. The fraction of sp³-hybridized carbons (Fsp3) is 0.440. The number of carbonyl (C=O) groups excluding carboxylic acids is 2. The first-order chi connectivity index (χ1) is 15.1. The first-order valence-corrected chi connectivity index (χ1v) is 11.1. The zero-order valence-corrected chi connectivity index (χ0v) is 18.6. The summed E-state index contributed by atoms with van der Waals surface area (Å²) in [6.07, 6.45) is 3.81. The summed E-state index contributed by atoms with van der Waals surface area (Å²) in [7, 11) is 0. The van der Waals surface area contributed by atoms with Gasteiger partial charge < -0.3 is 20.1 Å². The van der Waals surface area contributed by atoms with Crippen LogP contribution in [0.5, 0.6) is 11.5 Å².